The maximum absolute atomic E-state index is 11.6. The summed E-state index contributed by atoms with van der Waals surface area (Å²) in [5.74, 6) is 0.298. The van der Waals surface area contributed by atoms with Gasteiger partial charge in [0.2, 0.25) is 0 Å². The van der Waals surface area contributed by atoms with Crippen LogP contribution >= 0.6 is 0 Å². The van der Waals surface area contributed by atoms with E-state index in [-0.39, 0.29) is 18.2 Å². The molecule has 0 fully saturated rings. The Morgan fingerprint density at radius 2 is 2.24 bits per heavy atom. The topological polar surface area (TPSA) is 61.4 Å². The van der Waals surface area contributed by atoms with Gasteiger partial charge in [-0.1, -0.05) is 19.1 Å². The Bertz CT molecular complexity index is 264. The van der Waals surface area contributed by atoms with Crippen LogP contribution < -0.4 is 10.6 Å². The van der Waals surface area contributed by atoms with Crippen molar-refractivity contribution >= 4 is 6.03 Å². The number of urea groups is 1. The van der Waals surface area contributed by atoms with E-state index in [4.69, 9.17) is 0 Å². The van der Waals surface area contributed by atoms with E-state index in [9.17, 15) is 9.90 Å². The van der Waals surface area contributed by atoms with Crippen LogP contribution in [0, 0.1) is 5.92 Å². The zero-order valence-corrected chi connectivity index (χ0v) is 10.8. The lowest BCUT2D eigenvalue weighted by Gasteiger charge is -2.20. The van der Waals surface area contributed by atoms with Crippen LogP contribution in [-0.4, -0.2) is 29.8 Å². The average Bonchev–Trinajstić information content (AvgIpc) is 2.27. The molecule has 98 valence electrons. The van der Waals surface area contributed by atoms with Crippen LogP contribution in [0.5, 0.6) is 0 Å². The molecule has 2 amide bonds. The highest BCUT2D eigenvalue weighted by Crippen LogP contribution is 2.10. The van der Waals surface area contributed by atoms with E-state index in [2.05, 4.69) is 22.8 Å². The number of hydrogen-bond donors (Lipinski definition) is 3. The molecule has 0 spiro atoms. The Labute approximate surface area is 103 Å². The van der Waals surface area contributed by atoms with Crippen LogP contribution in [0.4, 0.5) is 4.79 Å². The molecule has 0 saturated carbocycles. The average molecular weight is 240 g/mol. The van der Waals surface area contributed by atoms with Gasteiger partial charge in [0.05, 0.1) is 6.10 Å². The molecule has 0 aromatic heterocycles. The molecule has 0 aromatic rings. The zero-order chi connectivity index (χ0) is 12.7. The molecule has 1 aliphatic carbocycles. The summed E-state index contributed by atoms with van der Waals surface area (Å²) < 4.78 is 0. The van der Waals surface area contributed by atoms with Crippen LogP contribution in [0.2, 0.25) is 0 Å². The monoisotopic (exact) mass is 240 g/mol. The summed E-state index contributed by atoms with van der Waals surface area (Å²) in [6, 6.07) is 0.176. The molecule has 17 heavy (non-hydrogen) atoms. The maximum Gasteiger partial charge on any atom is 0.315 e. The van der Waals surface area contributed by atoms with Gasteiger partial charge in [0.15, 0.2) is 0 Å². The first kappa shape index (κ1) is 14.0. The molecule has 0 heterocycles. The molecule has 3 N–H and O–H groups in total. The lowest BCUT2D eigenvalue weighted by atomic mass is 10.0. The zero-order valence-electron chi connectivity index (χ0n) is 10.8. The maximum atomic E-state index is 11.6. The Morgan fingerprint density at radius 1 is 1.47 bits per heavy atom. The first-order chi connectivity index (χ1) is 8.08. The predicted octanol–water partition coefficient (Wildman–Crippen LogP) is 1.80. The van der Waals surface area contributed by atoms with Crippen molar-refractivity contribution in [2.24, 2.45) is 5.92 Å². The van der Waals surface area contributed by atoms with E-state index < -0.39 is 0 Å². The number of carbonyl (C=O) groups excluding carboxylic acids is 1. The third-order valence-electron chi connectivity index (χ3n) is 2.96. The van der Waals surface area contributed by atoms with Gasteiger partial charge in [0.25, 0.3) is 0 Å². The van der Waals surface area contributed by atoms with Crippen molar-refractivity contribution in [1.29, 1.82) is 0 Å². The summed E-state index contributed by atoms with van der Waals surface area (Å²) in [5.41, 5.74) is 0. The lowest BCUT2D eigenvalue weighted by molar-refractivity contribution is 0.163. The minimum atomic E-state index is -0.307. The lowest BCUT2D eigenvalue weighted by Crippen LogP contribution is -2.43. The molecule has 0 saturated heterocycles. The fourth-order valence-electron chi connectivity index (χ4n) is 2.09. The first-order valence-electron chi connectivity index (χ1n) is 6.45. The summed E-state index contributed by atoms with van der Waals surface area (Å²) in [5, 5.41) is 15.0. The highest BCUT2D eigenvalue weighted by molar-refractivity contribution is 5.74. The van der Waals surface area contributed by atoms with Gasteiger partial charge in [-0.05, 0) is 38.5 Å². The molecule has 0 radical (unpaired) electrons. The van der Waals surface area contributed by atoms with E-state index in [1.165, 1.54) is 0 Å². The second-order valence-corrected chi connectivity index (χ2v) is 5.03. The van der Waals surface area contributed by atoms with Crippen molar-refractivity contribution in [3.05, 3.63) is 12.2 Å². The highest BCUT2D eigenvalue weighted by Gasteiger charge is 2.13. The molecule has 1 aliphatic rings. The van der Waals surface area contributed by atoms with Crippen molar-refractivity contribution in [3.63, 3.8) is 0 Å². The van der Waals surface area contributed by atoms with Gasteiger partial charge in [0, 0.05) is 12.6 Å². The number of allylic oxidation sites excluding steroid dienone is 1. The fourth-order valence-corrected chi connectivity index (χ4v) is 2.09. The number of hydrogen-bond acceptors (Lipinski definition) is 2. The number of rotatable bonds is 5. The van der Waals surface area contributed by atoms with Crippen LogP contribution in [0.1, 0.15) is 39.5 Å². The molecular weight excluding hydrogens is 216 g/mol. The van der Waals surface area contributed by atoms with Gasteiger partial charge in [0.1, 0.15) is 0 Å². The molecule has 1 rings (SSSR count). The molecule has 4 nitrogen and oxygen atoms in total. The Morgan fingerprint density at radius 3 is 2.82 bits per heavy atom. The van der Waals surface area contributed by atoms with Gasteiger partial charge in [-0.25, -0.2) is 4.79 Å². The summed E-state index contributed by atoms with van der Waals surface area (Å²) in [4.78, 5) is 11.6. The summed E-state index contributed by atoms with van der Waals surface area (Å²) >= 11 is 0. The number of nitrogens with one attached hydrogen (secondary N) is 2. The van der Waals surface area contributed by atoms with E-state index >= 15 is 0 Å². The molecule has 0 bridgehead atoms. The van der Waals surface area contributed by atoms with Crippen LogP contribution in [-0.2, 0) is 0 Å². The third-order valence-corrected chi connectivity index (χ3v) is 2.96. The van der Waals surface area contributed by atoms with Gasteiger partial charge in [-0.15, -0.1) is 0 Å². The molecular formula is C13H24N2O2. The minimum absolute atomic E-state index is 0.0947. The Hall–Kier alpha value is -1.03. The number of carbonyl (C=O) groups is 1. The van der Waals surface area contributed by atoms with Crippen molar-refractivity contribution in [1.82, 2.24) is 10.6 Å². The number of amides is 2. The van der Waals surface area contributed by atoms with E-state index in [1.807, 2.05) is 6.92 Å². The summed E-state index contributed by atoms with van der Waals surface area (Å²) in [6.07, 6.45) is 7.67. The second kappa shape index (κ2) is 7.33. The van der Waals surface area contributed by atoms with E-state index in [0.717, 1.165) is 19.3 Å². The molecule has 3 unspecified atom stereocenters. The van der Waals surface area contributed by atoms with Crippen LogP contribution in [0.25, 0.3) is 0 Å². The minimum Gasteiger partial charge on any atom is -0.393 e. The highest BCUT2D eigenvalue weighted by atomic mass is 16.3. The molecule has 0 aliphatic heterocycles. The van der Waals surface area contributed by atoms with Crippen LogP contribution in [0.15, 0.2) is 12.2 Å². The molecule has 0 aromatic carbocycles. The van der Waals surface area contributed by atoms with E-state index in [0.29, 0.717) is 18.9 Å². The van der Waals surface area contributed by atoms with Gasteiger partial charge < -0.3 is 15.7 Å². The Kier molecular flexibility index (Phi) is 6.05. The second-order valence-electron chi connectivity index (χ2n) is 5.03. The normalized spacial score (nSPS) is 22.9. The number of aliphatic hydroxyl groups is 1. The largest absolute Gasteiger partial charge is 0.393 e. The quantitative estimate of drug-likeness (QED) is 0.642. The summed E-state index contributed by atoms with van der Waals surface area (Å²) in [6.45, 7) is 4.40. The number of aliphatic hydroxyl groups excluding tert-OH is 1. The van der Waals surface area contributed by atoms with Gasteiger partial charge in [-0.3, -0.25) is 0 Å². The molecule has 3 atom stereocenters. The SMILES string of the molecule is CC(O)CC(C)CNC(=O)NC1CC=CCC1. The third kappa shape index (κ3) is 6.31. The Balaban J connectivity index is 2.14. The standard InChI is InChI=1S/C13H24N2O2/c1-10(8-11(2)16)9-14-13(17)15-12-6-4-3-5-7-12/h3-4,10-12,16H,5-9H2,1-2H3,(H2,14,15,17). The van der Waals surface area contributed by atoms with Crippen molar-refractivity contribution in [2.45, 2.75) is 51.7 Å². The van der Waals surface area contributed by atoms with Gasteiger partial charge in [-0.2, -0.15) is 0 Å². The van der Waals surface area contributed by atoms with Crippen molar-refractivity contribution in [2.75, 3.05) is 6.54 Å². The van der Waals surface area contributed by atoms with Crippen molar-refractivity contribution in [3.8, 4) is 0 Å². The molecule has 4 heteroatoms. The fraction of sp³-hybridized carbons (Fsp3) is 0.769. The van der Waals surface area contributed by atoms with Crippen molar-refractivity contribution < 1.29 is 9.90 Å². The summed E-state index contributed by atoms with van der Waals surface area (Å²) in [7, 11) is 0. The van der Waals surface area contributed by atoms with Crippen LogP contribution in [0.3, 0.4) is 0 Å². The van der Waals surface area contributed by atoms with Gasteiger partial charge >= 0.3 is 6.03 Å². The smallest absolute Gasteiger partial charge is 0.315 e. The predicted molar refractivity (Wildman–Crippen MR) is 68.8 cm³/mol. The van der Waals surface area contributed by atoms with E-state index in [1.54, 1.807) is 6.92 Å². The first-order valence-corrected chi connectivity index (χ1v) is 6.45.